The quantitative estimate of drug-likeness (QED) is 0.715. The molecule has 136 valence electrons. The summed E-state index contributed by atoms with van der Waals surface area (Å²) in [6.07, 6.45) is 3.04. The molecule has 3 rings (SSSR count). The van der Waals surface area contributed by atoms with Gasteiger partial charge < -0.3 is 0 Å². The minimum absolute atomic E-state index is 0.148. The van der Waals surface area contributed by atoms with Crippen molar-refractivity contribution in [1.29, 1.82) is 0 Å². The number of rotatable bonds is 5. The Bertz CT molecular complexity index is 935. The number of carbonyl (C=O) groups is 1. The Morgan fingerprint density at radius 1 is 1.31 bits per heavy atom. The third-order valence-electron chi connectivity index (χ3n) is 3.75. The van der Waals surface area contributed by atoms with Gasteiger partial charge in [0.25, 0.3) is 5.91 Å². The molecule has 1 atom stereocenters. The van der Waals surface area contributed by atoms with Gasteiger partial charge in [-0.05, 0) is 31.5 Å². The van der Waals surface area contributed by atoms with Crippen LogP contribution in [-0.2, 0) is 11.3 Å². The van der Waals surface area contributed by atoms with E-state index in [1.165, 1.54) is 27.8 Å². The number of hydrogen-bond acceptors (Lipinski definition) is 4. The summed E-state index contributed by atoms with van der Waals surface area (Å²) in [5.41, 5.74) is 1.33. The second kappa shape index (κ2) is 7.43. The zero-order valence-electron chi connectivity index (χ0n) is 13.9. The van der Waals surface area contributed by atoms with E-state index in [9.17, 15) is 9.18 Å². The van der Waals surface area contributed by atoms with E-state index in [-0.39, 0.29) is 11.9 Å². The first-order chi connectivity index (χ1) is 12.3. The molecule has 1 N–H and O–H groups in total. The number of aryl methyl sites for hydroxylation is 1. The van der Waals surface area contributed by atoms with Gasteiger partial charge in [0, 0.05) is 11.2 Å². The summed E-state index contributed by atoms with van der Waals surface area (Å²) in [4.78, 5) is 16.4. The summed E-state index contributed by atoms with van der Waals surface area (Å²) in [5, 5.41) is 11.8. The van der Waals surface area contributed by atoms with E-state index in [2.05, 4.69) is 20.5 Å². The minimum atomic E-state index is -0.584. The monoisotopic (exact) mass is 396 g/mol. The van der Waals surface area contributed by atoms with Crippen molar-refractivity contribution < 1.29 is 9.18 Å². The Morgan fingerprint density at radius 2 is 2.08 bits per heavy atom. The highest BCUT2D eigenvalue weighted by atomic mass is 35.5. The number of hydrogen-bond donors (Lipinski definition) is 1. The molecule has 2 heterocycles. The van der Waals surface area contributed by atoms with Crippen molar-refractivity contribution in [3.8, 4) is 0 Å². The molecule has 2 aromatic heterocycles. The molecule has 26 heavy (non-hydrogen) atoms. The van der Waals surface area contributed by atoms with Crippen LogP contribution in [0.25, 0.3) is 0 Å². The van der Waals surface area contributed by atoms with E-state index in [4.69, 9.17) is 23.2 Å². The summed E-state index contributed by atoms with van der Waals surface area (Å²) in [6.45, 7) is 3.74. The molecule has 7 nitrogen and oxygen atoms in total. The first kappa shape index (κ1) is 18.3. The Kier molecular flexibility index (Phi) is 5.24. The minimum Gasteiger partial charge on any atom is -0.291 e. The van der Waals surface area contributed by atoms with Crippen molar-refractivity contribution in [3.63, 3.8) is 0 Å². The van der Waals surface area contributed by atoms with E-state index in [1.54, 1.807) is 26.1 Å². The molecule has 0 saturated heterocycles. The summed E-state index contributed by atoms with van der Waals surface area (Å²) in [6, 6.07) is 3.54. The van der Waals surface area contributed by atoms with Gasteiger partial charge in [-0.2, -0.15) is 5.10 Å². The van der Waals surface area contributed by atoms with E-state index >= 15 is 0 Å². The number of aromatic nitrogens is 5. The first-order valence-electron chi connectivity index (χ1n) is 7.69. The van der Waals surface area contributed by atoms with Crippen LogP contribution in [0.3, 0.4) is 0 Å². The van der Waals surface area contributed by atoms with Crippen molar-refractivity contribution in [2.75, 3.05) is 5.32 Å². The van der Waals surface area contributed by atoms with Crippen molar-refractivity contribution in [2.45, 2.75) is 26.4 Å². The maximum Gasteiger partial charge on any atom is 0.251 e. The van der Waals surface area contributed by atoms with Gasteiger partial charge in [-0.15, -0.1) is 5.10 Å². The number of halogens is 3. The van der Waals surface area contributed by atoms with Gasteiger partial charge in [0.2, 0.25) is 5.95 Å². The number of nitrogens with one attached hydrogen (secondary N) is 1. The molecule has 0 spiro atoms. The molecule has 0 fully saturated rings. The fraction of sp³-hybridized carbons (Fsp3) is 0.250. The van der Waals surface area contributed by atoms with Crippen LogP contribution in [0.15, 0.2) is 30.7 Å². The molecule has 0 radical (unpaired) electrons. The third kappa shape index (κ3) is 4.03. The normalized spacial score (nSPS) is 12.2. The summed E-state index contributed by atoms with van der Waals surface area (Å²) in [5.74, 6) is -0.593. The van der Waals surface area contributed by atoms with Gasteiger partial charge >= 0.3 is 0 Å². The lowest BCUT2D eigenvalue weighted by Crippen LogP contribution is -2.24. The Balaban J connectivity index is 1.67. The molecule has 0 saturated carbocycles. The van der Waals surface area contributed by atoms with Crippen LogP contribution < -0.4 is 5.32 Å². The van der Waals surface area contributed by atoms with Gasteiger partial charge in [-0.25, -0.2) is 14.1 Å². The second-order valence-electron chi connectivity index (χ2n) is 5.71. The zero-order chi connectivity index (χ0) is 18.8. The van der Waals surface area contributed by atoms with Crippen LogP contribution in [0.5, 0.6) is 0 Å². The van der Waals surface area contributed by atoms with Crippen molar-refractivity contribution >= 4 is 35.1 Å². The highest BCUT2D eigenvalue weighted by molar-refractivity contribution is 6.31. The summed E-state index contributed by atoms with van der Waals surface area (Å²) >= 11 is 12.0. The predicted molar refractivity (Wildman–Crippen MR) is 95.8 cm³/mol. The SMILES string of the molecule is Cc1nn(C(C)C(=O)Nc2ncn(Cc3ccc(F)cc3Cl)n2)cc1Cl. The average molecular weight is 397 g/mol. The molecule has 10 heteroatoms. The molecule has 1 aromatic carbocycles. The molecular weight excluding hydrogens is 382 g/mol. The Morgan fingerprint density at radius 3 is 2.73 bits per heavy atom. The topological polar surface area (TPSA) is 77.6 Å². The maximum absolute atomic E-state index is 13.1. The molecule has 0 bridgehead atoms. The number of amides is 1. The van der Waals surface area contributed by atoms with Gasteiger partial charge in [0.05, 0.1) is 17.3 Å². The number of anilines is 1. The van der Waals surface area contributed by atoms with E-state index in [1.807, 2.05) is 0 Å². The maximum atomic E-state index is 13.1. The smallest absolute Gasteiger partial charge is 0.251 e. The van der Waals surface area contributed by atoms with Crippen LogP contribution in [0.2, 0.25) is 10.0 Å². The van der Waals surface area contributed by atoms with Crippen LogP contribution in [0, 0.1) is 12.7 Å². The van der Waals surface area contributed by atoms with Gasteiger partial charge in [0.1, 0.15) is 18.2 Å². The Labute approximate surface area is 158 Å². The fourth-order valence-electron chi connectivity index (χ4n) is 2.25. The van der Waals surface area contributed by atoms with Crippen LogP contribution in [0.4, 0.5) is 10.3 Å². The van der Waals surface area contributed by atoms with Gasteiger partial charge in [0.15, 0.2) is 0 Å². The summed E-state index contributed by atoms with van der Waals surface area (Å²) in [7, 11) is 0. The molecule has 0 aliphatic carbocycles. The molecule has 1 amide bonds. The third-order valence-corrected chi connectivity index (χ3v) is 4.47. The van der Waals surface area contributed by atoms with Crippen molar-refractivity contribution in [2.24, 2.45) is 0 Å². The van der Waals surface area contributed by atoms with Gasteiger partial charge in [-0.1, -0.05) is 29.3 Å². The number of carbonyl (C=O) groups excluding carboxylic acids is 1. The fourth-order valence-corrected chi connectivity index (χ4v) is 2.61. The van der Waals surface area contributed by atoms with Crippen molar-refractivity contribution in [1.82, 2.24) is 24.5 Å². The lowest BCUT2D eigenvalue weighted by Gasteiger charge is -2.10. The molecule has 0 aliphatic rings. The number of benzene rings is 1. The summed E-state index contributed by atoms with van der Waals surface area (Å²) < 4.78 is 16.1. The highest BCUT2D eigenvalue weighted by Crippen LogP contribution is 2.19. The molecule has 1 unspecified atom stereocenters. The largest absolute Gasteiger partial charge is 0.291 e. The standard InChI is InChI=1S/C16H15Cl2FN6O/c1-9-14(18)7-25(22-9)10(2)15(26)21-16-20-8-24(23-16)6-11-3-4-12(19)5-13(11)17/h3-5,7-8,10H,6H2,1-2H3,(H,21,23,26). The predicted octanol–water partition coefficient (Wildman–Crippen LogP) is 3.48. The van der Waals surface area contributed by atoms with E-state index in [0.29, 0.717) is 27.8 Å². The highest BCUT2D eigenvalue weighted by Gasteiger charge is 2.18. The second-order valence-corrected chi connectivity index (χ2v) is 6.52. The van der Waals surface area contributed by atoms with Crippen LogP contribution >= 0.6 is 23.2 Å². The lowest BCUT2D eigenvalue weighted by molar-refractivity contribution is -0.119. The molecule has 3 aromatic rings. The van der Waals surface area contributed by atoms with Gasteiger partial charge in [-0.3, -0.25) is 14.8 Å². The molecule has 0 aliphatic heterocycles. The zero-order valence-corrected chi connectivity index (χ0v) is 15.5. The molecular formula is C16H15Cl2FN6O. The van der Waals surface area contributed by atoms with Crippen molar-refractivity contribution in [3.05, 3.63) is 57.8 Å². The number of nitrogens with zero attached hydrogens (tertiary/aromatic N) is 5. The average Bonchev–Trinajstić information content (AvgIpc) is 3.16. The first-order valence-corrected chi connectivity index (χ1v) is 8.44. The Hall–Kier alpha value is -2.45. The van der Waals surface area contributed by atoms with Crippen LogP contribution in [0.1, 0.15) is 24.2 Å². The van der Waals surface area contributed by atoms with E-state index < -0.39 is 11.9 Å². The van der Waals surface area contributed by atoms with Crippen LogP contribution in [-0.4, -0.2) is 30.5 Å². The van der Waals surface area contributed by atoms with E-state index in [0.717, 1.165) is 0 Å². The lowest BCUT2D eigenvalue weighted by atomic mass is 10.2.